The molecule has 0 aliphatic carbocycles. The summed E-state index contributed by atoms with van der Waals surface area (Å²) in [5.74, 6) is -0.748. The second-order valence-corrected chi connectivity index (χ2v) is 7.73. The molecule has 1 aromatic heterocycles. The quantitative estimate of drug-likeness (QED) is 0.427. The van der Waals surface area contributed by atoms with Gasteiger partial charge in [-0.25, -0.2) is 0 Å². The first-order valence-corrected chi connectivity index (χ1v) is 11.0. The van der Waals surface area contributed by atoms with Crippen LogP contribution in [0.3, 0.4) is 0 Å². The highest BCUT2D eigenvalue weighted by atomic mass is 32.1. The van der Waals surface area contributed by atoms with Crippen LogP contribution in [-0.4, -0.2) is 34.3 Å². The molecule has 3 rings (SSSR count). The van der Waals surface area contributed by atoms with Crippen molar-refractivity contribution in [1.82, 2.24) is 4.98 Å². The summed E-state index contributed by atoms with van der Waals surface area (Å²) in [6.45, 7) is -0.0451. The van der Waals surface area contributed by atoms with Crippen LogP contribution in [0.25, 0.3) is 0 Å². The van der Waals surface area contributed by atoms with Crippen LogP contribution >= 0.6 is 12.6 Å². The minimum atomic E-state index is -1.07. The molecule has 0 saturated heterocycles. The molecule has 166 valence electrons. The number of hydrogen-bond donors (Lipinski definition) is 2. The predicted molar refractivity (Wildman–Crippen MR) is 127 cm³/mol. The molecule has 0 spiro atoms. The average Bonchev–Trinajstić information content (AvgIpc) is 2.83. The summed E-state index contributed by atoms with van der Waals surface area (Å²) in [5, 5.41) is 9.38. The van der Waals surface area contributed by atoms with Gasteiger partial charge in [-0.05, 0) is 48.7 Å². The van der Waals surface area contributed by atoms with E-state index in [1.54, 1.807) is 36.7 Å². The van der Waals surface area contributed by atoms with E-state index in [0.29, 0.717) is 30.2 Å². The van der Waals surface area contributed by atoms with E-state index < -0.39 is 12.5 Å². The zero-order valence-electron chi connectivity index (χ0n) is 17.6. The van der Waals surface area contributed by atoms with Crippen LogP contribution in [-0.2, 0) is 22.6 Å². The van der Waals surface area contributed by atoms with Crippen molar-refractivity contribution in [3.8, 4) is 5.75 Å². The van der Waals surface area contributed by atoms with Gasteiger partial charge < -0.3 is 14.7 Å². The molecule has 0 bridgehead atoms. The predicted octanol–water partition coefficient (Wildman–Crippen LogP) is 4.26. The first-order chi connectivity index (χ1) is 15.6. The zero-order chi connectivity index (χ0) is 22.8. The van der Waals surface area contributed by atoms with Crippen LogP contribution < -0.4 is 9.64 Å². The van der Waals surface area contributed by atoms with Crippen LogP contribution in [0.4, 0.5) is 5.69 Å². The van der Waals surface area contributed by atoms with E-state index >= 15 is 0 Å². The normalized spacial score (nSPS) is 11.5. The number of rotatable bonds is 11. The standard InChI is InChI=1S/C25H26N2O4S/c28-24(29)16-27(25(30)21(18-32)9-8-19-5-2-1-3-6-19)22-10-12-23(13-11-22)31-17-20-7-4-14-26-15-20/h1-7,10-15,21,32H,8-9,16-18H2,(H,28,29). The number of pyridine rings is 1. The number of carbonyl (C=O) groups excluding carboxylic acids is 1. The Hall–Kier alpha value is -3.32. The number of aromatic nitrogens is 1. The molecular formula is C25H26N2O4S. The smallest absolute Gasteiger partial charge is 0.323 e. The lowest BCUT2D eigenvalue weighted by Crippen LogP contribution is -2.40. The zero-order valence-corrected chi connectivity index (χ0v) is 18.5. The molecule has 0 saturated carbocycles. The van der Waals surface area contributed by atoms with Crippen LogP contribution in [0.1, 0.15) is 17.5 Å². The molecule has 1 heterocycles. The highest BCUT2D eigenvalue weighted by Gasteiger charge is 2.26. The van der Waals surface area contributed by atoms with E-state index in [9.17, 15) is 14.7 Å². The number of carboxylic acids is 1. The second-order valence-electron chi connectivity index (χ2n) is 7.37. The number of hydrogen-bond acceptors (Lipinski definition) is 5. The van der Waals surface area contributed by atoms with E-state index in [1.807, 2.05) is 42.5 Å². The summed E-state index contributed by atoms with van der Waals surface area (Å²) in [4.78, 5) is 30.0. The van der Waals surface area contributed by atoms with Crippen molar-refractivity contribution in [3.63, 3.8) is 0 Å². The Morgan fingerprint density at radius 3 is 2.34 bits per heavy atom. The molecule has 32 heavy (non-hydrogen) atoms. The first kappa shape index (κ1) is 23.3. The van der Waals surface area contributed by atoms with Gasteiger partial charge >= 0.3 is 5.97 Å². The molecule has 0 fully saturated rings. The lowest BCUT2D eigenvalue weighted by atomic mass is 9.99. The van der Waals surface area contributed by atoms with Crippen molar-refractivity contribution in [1.29, 1.82) is 0 Å². The molecular weight excluding hydrogens is 424 g/mol. The van der Waals surface area contributed by atoms with Crippen LogP contribution in [0.5, 0.6) is 5.75 Å². The molecule has 6 nitrogen and oxygen atoms in total. The van der Waals surface area contributed by atoms with Gasteiger partial charge in [0.2, 0.25) is 5.91 Å². The third-order valence-corrected chi connectivity index (χ3v) is 5.47. The number of thiol groups is 1. The van der Waals surface area contributed by atoms with Gasteiger partial charge in [-0.1, -0.05) is 36.4 Å². The summed E-state index contributed by atoms with van der Waals surface area (Å²) in [6, 6.07) is 20.5. The molecule has 0 aliphatic heterocycles. The topological polar surface area (TPSA) is 79.7 Å². The summed E-state index contributed by atoms with van der Waals surface area (Å²) in [5.41, 5.74) is 2.58. The molecule has 0 radical (unpaired) electrons. The number of carbonyl (C=O) groups is 2. The van der Waals surface area contributed by atoms with Gasteiger partial charge in [-0.15, -0.1) is 0 Å². The second kappa shape index (κ2) is 11.9. The van der Waals surface area contributed by atoms with Crippen LogP contribution in [0, 0.1) is 5.92 Å². The Balaban J connectivity index is 1.68. The number of aliphatic carboxylic acids is 1. The van der Waals surface area contributed by atoms with E-state index in [1.165, 1.54) is 4.90 Å². The molecule has 1 amide bonds. The maximum atomic E-state index is 13.2. The fraction of sp³-hybridized carbons (Fsp3) is 0.240. The van der Waals surface area contributed by atoms with Gasteiger partial charge in [0.1, 0.15) is 18.9 Å². The van der Waals surface area contributed by atoms with Crippen molar-refractivity contribution < 1.29 is 19.4 Å². The number of benzene rings is 2. The van der Waals surface area contributed by atoms with Gasteiger partial charge in [0, 0.05) is 35.3 Å². The SMILES string of the molecule is O=C(O)CN(C(=O)C(CS)CCc1ccccc1)c1ccc(OCc2cccnc2)cc1. The van der Waals surface area contributed by atoms with Crippen molar-refractivity contribution >= 4 is 30.2 Å². The van der Waals surface area contributed by atoms with Gasteiger partial charge in [0.05, 0.1) is 0 Å². The van der Waals surface area contributed by atoms with Gasteiger partial charge in [0.25, 0.3) is 0 Å². The molecule has 1 N–H and O–H groups in total. The molecule has 1 atom stereocenters. The fourth-order valence-electron chi connectivity index (χ4n) is 3.30. The van der Waals surface area contributed by atoms with Crippen molar-refractivity contribution in [3.05, 3.63) is 90.3 Å². The number of nitrogens with zero attached hydrogens (tertiary/aromatic N) is 2. The third kappa shape index (κ3) is 6.85. The van der Waals surface area contributed by atoms with Crippen molar-refractivity contribution in [2.24, 2.45) is 5.92 Å². The van der Waals surface area contributed by atoms with Crippen LogP contribution in [0.2, 0.25) is 0 Å². The lowest BCUT2D eigenvalue weighted by molar-refractivity contribution is -0.137. The Morgan fingerprint density at radius 2 is 1.72 bits per heavy atom. The highest BCUT2D eigenvalue weighted by molar-refractivity contribution is 7.80. The molecule has 2 aromatic carbocycles. The highest BCUT2D eigenvalue weighted by Crippen LogP contribution is 2.24. The summed E-state index contributed by atoms with van der Waals surface area (Å²) < 4.78 is 5.75. The summed E-state index contributed by atoms with van der Waals surface area (Å²) in [6.07, 6.45) is 4.74. The largest absolute Gasteiger partial charge is 0.489 e. The number of carboxylic acid groups (broad SMARTS) is 1. The fourth-order valence-corrected chi connectivity index (χ4v) is 3.64. The van der Waals surface area contributed by atoms with E-state index in [-0.39, 0.29) is 11.8 Å². The lowest BCUT2D eigenvalue weighted by Gasteiger charge is -2.26. The average molecular weight is 451 g/mol. The Bertz CT molecular complexity index is 997. The maximum absolute atomic E-state index is 13.2. The minimum Gasteiger partial charge on any atom is -0.489 e. The third-order valence-electron chi connectivity index (χ3n) is 5.03. The Labute approximate surface area is 193 Å². The summed E-state index contributed by atoms with van der Waals surface area (Å²) in [7, 11) is 0. The number of amides is 1. The van der Waals surface area contributed by atoms with Gasteiger partial charge in [-0.3, -0.25) is 14.6 Å². The minimum absolute atomic E-state index is 0.248. The molecule has 3 aromatic rings. The Morgan fingerprint density at radius 1 is 1.00 bits per heavy atom. The van der Waals surface area contributed by atoms with Gasteiger partial charge in [-0.2, -0.15) is 12.6 Å². The van der Waals surface area contributed by atoms with Crippen LogP contribution in [0.15, 0.2) is 79.1 Å². The monoisotopic (exact) mass is 450 g/mol. The van der Waals surface area contributed by atoms with Gasteiger partial charge in [0.15, 0.2) is 0 Å². The Kier molecular flexibility index (Phi) is 8.69. The van der Waals surface area contributed by atoms with Crippen molar-refractivity contribution in [2.45, 2.75) is 19.4 Å². The van der Waals surface area contributed by atoms with Crippen molar-refractivity contribution in [2.75, 3.05) is 17.2 Å². The van der Waals surface area contributed by atoms with E-state index in [4.69, 9.17) is 4.74 Å². The molecule has 1 unspecified atom stereocenters. The number of ether oxygens (including phenoxy) is 1. The molecule has 0 aliphatic rings. The summed E-state index contributed by atoms with van der Waals surface area (Å²) >= 11 is 4.36. The first-order valence-electron chi connectivity index (χ1n) is 10.4. The number of anilines is 1. The van der Waals surface area contributed by atoms with E-state index in [0.717, 1.165) is 17.5 Å². The maximum Gasteiger partial charge on any atom is 0.323 e. The molecule has 7 heteroatoms. The van der Waals surface area contributed by atoms with E-state index in [2.05, 4.69) is 17.6 Å². The number of aryl methyl sites for hydroxylation is 1.